The Morgan fingerprint density at radius 3 is 2.04 bits per heavy atom. The number of hydrogen-bond donors (Lipinski definition) is 0. The largest absolute Gasteiger partial charge is 0.207 e. The molecule has 4 rings (SSSR count). The second-order valence-electron chi connectivity index (χ2n) is 8.86. The van der Waals surface area contributed by atoms with E-state index in [9.17, 15) is 8.78 Å². The predicted octanol–water partition coefficient (Wildman–Crippen LogP) is 7.36. The fourth-order valence-electron chi connectivity index (χ4n) is 4.13. The lowest BCUT2D eigenvalue weighted by atomic mass is 9.92. The van der Waals surface area contributed by atoms with Crippen molar-refractivity contribution in [3.05, 3.63) is 69.8 Å². The summed E-state index contributed by atoms with van der Waals surface area (Å²) in [6, 6.07) is 9.66. The molecule has 2 fully saturated rings. The molecule has 2 saturated carbocycles. The van der Waals surface area contributed by atoms with Crippen molar-refractivity contribution in [2.75, 3.05) is 0 Å². The van der Waals surface area contributed by atoms with E-state index in [0.29, 0.717) is 23.7 Å². The molecule has 2 aromatic carbocycles. The van der Waals surface area contributed by atoms with Gasteiger partial charge in [0.05, 0.1) is 0 Å². The first-order chi connectivity index (χ1) is 12.3. The minimum absolute atomic E-state index is 0.0105. The lowest BCUT2D eigenvalue weighted by Crippen LogP contribution is -2.01. The van der Waals surface area contributed by atoms with E-state index in [4.69, 9.17) is 0 Å². The van der Waals surface area contributed by atoms with Gasteiger partial charge in [-0.15, -0.1) is 0 Å². The first-order valence-corrected chi connectivity index (χ1v) is 9.98. The van der Waals surface area contributed by atoms with E-state index in [2.05, 4.69) is 45.9 Å². The Hall–Kier alpha value is -1.70. The zero-order valence-corrected chi connectivity index (χ0v) is 16.2. The van der Waals surface area contributed by atoms with Crippen LogP contribution < -0.4 is 0 Å². The highest BCUT2D eigenvalue weighted by molar-refractivity contribution is 5.44. The summed E-state index contributed by atoms with van der Waals surface area (Å²) in [7, 11) is 0. The fraction of sp³-hybridized carbons (Fsp3) is 0.500. The maximum atomic E-state index is 14.8. The van der Waals surface area contributed by atoms with Gasteiger partial charge in [-0.05, 0) is 88.8 Å². The monoisotopic (exact) mass is 354 g/mol. The quantitative estimate of drug-likeness (QED) is 0.526. The predicted molar refractivity (Wildman–Crippen MR) is 103 cm³/mol. The number of hydrogen-bond acceptors (Lipinski definition) is 0. The van der Waals surface area contributed by atoms with Crippen LogP contribution in [0.2, 0.25) is 0 Å². The summed E-state index contributed by atoms with van der Waals surface area (Å²) in [4.78, 5) is 0. The third kappa shape index (κ3) is 3.31. The lowest BCUT2D eigenvalue weighted by molar-refractivity contribution is 0.581. The summed E-state index contributed by atoms with van der Waals surface area (Å²) in [5.74, 6) is 1.54. The Labute approximate surface area is 155 Å². The van der Waals surface area contributed by atoms with Crippen LogP contribution in [0.3, 0.4) is 0 Å². The van der Waals surface area contributed by atoms with E-state index in [1.165, 1.54) is 5.56 Å². The maximum absolute atomic E-state index is 14.8. The zero-order chi connectivity index (χ0) is 18.6. The van der Waals surface area contributed by atoms with Crippen molar-refractivity contribution in [1.82, 2.24) is 0 Å². The summed E-state index contributed by atoms with van der Waals surface area (Å²) in [5.41, 5.74) is 5.17. The van der Waals surface area contributed by atoms with Crippen molar-refractivity contribution >= 4 is 0 Å². The van der Waals surface area contributed by atoms with Crippen molar-refractivity contribution in [3.63, 3.8) is 0 Å². The SMILES string of the molecule is CC(C)c1cc(F)cc(C2CC2c2cc(C(C)C)c(F)c(C3CC3)c2)c1. The molecular formula is C24H28F2. The van der Waals surface area contributed by atoms with Crippen molar-refractivity contribution in [3.8, 4) is 0 Å². The van der Waals surface area contributed by atoms with E-state index < -0.39 is 0 Å². The summed E-state index contributed by atoms with van der Waals surface area (Å²) in [6.45, 7) is 8.31. The van der Waals surface area contributed by atoms with Crippen LogP contribution in [0.4, 0.5) is 8.78 Å². The van der Waals surface area contributed by atoms with Gasteiger partial charge < -0.3 is 0 Å². The van der Waals surface area contributed by atoms with Crippen LogP contribution in [0.25, 0.3) is 0 Å². The molecule has 0 heterocycles. The van der Waals surface area contributed by atoms with E-state index in [-0.39, 0.29) is 17.6 Å². The highest BCUT2D eigenvalue weighted by Crippen LogP contribution is 2.56. The Bertz CT molecular complexity index is 807. The van der Waals surface area contributed by atoms with Crippen LogP contribution in [0.1, 0.15) is 104 Å². The highest BCUT2D eigenvalue weighted by atomic mass is 19.1. The van der Waals surface area contributed by atoms with Crippen molar-refractivity contribution in [2.45, 2.75) is 76.5 Å². The van der Waals surface area contributed by atoms with Gasteiger partial charge in [0.15, 0.2) is 0 Å². The van der Waals surface area contributed by atoms with Gasteiger partial charge in [0.2, 0.25) is 0 Å². The smallest absolute Gasteiger partial charge is 0.130 e. The van der Waals surface area contributed by atoms with Gasteiger partial charge in [-0.3, -0.25) is 0 Å². The Balaban J connectivity index is 1.66. The van der Waals surface area contributed by atoms with Crippen molar-refractivity contribution < 1.29 is 8.78 Å². The molecule has 2 aliphatic carbocycles. The summed E-state index contributed by atoms with van der Waals surface area (Å²) < 4.78 is 28.9. The van der Waals surface area contributed by atoms with Gasteiger partial charge >= 0.3 is 0 Å². The number of rotatable bonds is 5. The molecule has 0 aliphatic heterocycles. The zero-order valence-electron chi connectivity index (χ0n) is 16.2. The third-order valence-corrected chi connectivity index (χ3v) is 6.05. The van der Waals surface area contributed by atoms with E-state index >= 15 is 0 Å². The summed E-state index contributed by atoms with van der Waals surface area (Å²) >= 11 is 0. The van der Waals surface area contributed by atoms with Gasteiger partial charge in [-0.1, -0.05) is 45.9 Å². The maximum Gasteiger partial charge on any atom is 0.130 e. The Kier molecular flexibility index (Phi) is 4.41. The van der Waals surface area contributed by atoms with Crippen LogP contribution in [-0.2, 0) is 0 Å². The summed E-state index contributed by atoms with van der Waals surface area (Å²) in [6.07, 6.45) is 3.25. The molecule has 138 valence electrons. The molecule has 0 N–H and O–H groups in total. The van der Waals surface area contributed by atoms with E-state index in [1.54, 1.807) is 12.1 Å². The first kappa shape index (κ1) is 17.7. The molecule has 2 atom stereocenters. The third-order valence-electron chi connectivity index (χ3n) is 6.05. The molecule has 2 aromatic rings. The van der Waals surface area contributed by atoms with Crippen molar-refractivity contribution in [2.24, 2.45) is 0 Å². The Morgan fingerprint density at radius 2 is 1.46 bits per heavy atom. The molecule has 0 aromatic heterocycles. The molecule has 0 amide bonds. The second kappa shape index (κ2) is 6.48. The number of halogens is 2. The van der Waals surface area contributed by atoms with Crippen molar-refractivity contribution in [1.29, 1.82) is 0 Å². The van der Waals surface area contributed by atoms with Crippen LogP contribution in [-0.4, -0.2) is 0 Å². The molecule has 0 radical (unpaired) electrons. The first-order valence-electron chi connectivity index (χ1n) is 9.98. The molecule has 0 spiro atoms. The molecule has 2 unspecified atom stereocenters. The highest BCUT2D eigenvalue weighted by Gasteiger charge is 2.41. The minimum atomic E-state index is -0.141. The summed E-state index contributed by atoms with van der Waals surface area (Å²) in [5, 5.41) is 0. The van der Waals surface area contributed by atoms with Gasteiger partial charge in [-0.25, -0.2) is 8.78 Å². The average molecular weight is 354 g/mol. The molecule has 2 aliphatic rings. The van der Waals surface area contributed by atoms with Crippen LogP contribution in [0, 0.1) is 11.6 Å². The van der Waals surface area contributed by atoms with Gasteiger partial charge in [0.25, 0.3) is 0 Å². The van der Waals surface area contributed by atoms with Crippen LogP contribution in [0.5, 0.6) is 0 Å². The molecule has 0 nitrogen and oxygen atoms in total. The fourth-order valence-corrected chi connectivity index (χ4v) is 4.13. The van der Waals surface area contributed by atoms with E-state index in [1.807, 2.05) is 0 Å². The van der Waals surface area contributed by atoms with Gasteiger partial charge in [0.1, 0.15) is 11.6 Å². The minimum Gasteiger partial charge on any atom is -0.207 e. The molecule has 26 heavy (non-hydrogen) atoms. The number of benzene rings is 2. The normalized spacial score (nSPS) is 22.3. The molecular weight excluding hydrogens is 326 g/mol. The average Bonchev–Trinajstić information content (AvgIpc) is 3.46. The standard InChI is InChI=1S/C24H28F2/c1-13(2)16-7-17(9-19(25)8-16)21-12-22(21)18-10-20(14(3)4)24(26)23(11-18)15-5-6-15/h7-11,13-15,21-22H,5-6,12H2,1-4H3. The van der Waals surface area contributed by atoms with Gasteiger partial charge in [0, 0.05) is 0 Å². The topological polar surface area (TPSA) is 0 Å². The molecule has 0 bridgehead atoms. The second-order valence-corrected chi connectivity index (χ2v) is 8.86. The van der Waals surface area contributed by atoms with Crippen LogP contribution in [0.15, 0.2) is 30.3 Å². The molecule has 0 saturated heterocycles. The van der Waals surface area contributed by atoms with Crippen LogP contribution >= 0.6 is 0 Å². The Morgan fingerprint density at radius 1 is 0.808 bits per heavy atom. The lowest BCUT2D eigenvalue weighted by Gasteiger charge is -2.15. The molecule has 2 heteroatoms. The van der Waals surface area contributed by atoms with E-state index in [0.717, 1.165) is 41.5 Å². The van der Waals surface area contributed by atoms with Gasteiger partial charge in [-0.2, -0.15) is 0 Å².